The van der Waals surface area contributed by atoms with Crippen LogP contribution >= 0.6 is 0 Å². The van der Waals surface area contributed by atoms with E-state index in [0.717, 1.165) is 5.70 Å². The van der Waals surface area contributed by atoms with Gasteiger partial charge in [0.15, 0.2) is 0 Å². The maximum absolute atomic E-state index is 13.2. The first-order valence-corrected chi connectivity index (χ1v) is 7.70. The maximum Gasteiger partial charge on any atom is 0.322 e. The molecule has 0 bridgehead atoms. The number of carbonyl (C=O) groups excluding carboxylic acids is 2. The molecule has 23 heavy (non-hydrogen) atoms. The lowest BCUT2D eigenvalue weighted by Gasteiger charge is -2.31. The lowest BCUT2D eigenvalue weighted by atomic mass is 9.96. The van der Waals surface area contributed by atoms with E-state index in [2.05, 4.69) is 19.2 Å². The van der Waals surface area contributed by atoms with E-state index in [1.54, 1.807) is 24.1 Å². The molecular weight excluding hydrogens is 297 g/mol. The Labute approximate surface area is 134 Å². The molecule has 122 valence electrons. The van der Waals surface area contributed by atoms with Crippen molar-refractivity contribution >= 4 is 11.9 Å². The first kappa shape index (κ1) is 15.5. The van der Waals surface area contributed by atoms with E-state index in [-0.39, 0.29) is 17.8 Å². The fraction of sp³-hybridized carbons (Fsp3) is 0.412. The van der Waals surface area contributed by atoms with Gasteiger partial charge in [0.05, 0.1) is 23.9 Å². The van der Waals surface area contributed by atoms with Crippen molar-refractivity contribution in [2.75, 3.05) is 20.1 Å². The van der Waals surface area contributed by atoms with Gasteiger partial charge >= 0.3 is 6.03 Å². The molecule has 0 aliphatic carbocycles. The van der Waals surface area contributed by atoms with Crippen molar-refractivity contribution in [1.29, 1.82) is 0 Å². The van der Waals surface area contributed by atoms with E-state index in [4.69, 9.17) is 0 Å². The molecule has 0 unspecified atom stereocenters. The monoisotopic (exact) mass is 317 g/mol. The Kier molecular flexibility index (Phi) is 3.83. The van der Waals surface area contributed by atoms with Crippen LogP contribution in [0.5, 0.6) is 0 Å². The van der Waals surface area contributed by atoms with Gasteiger partial charge in [-0.2, -0.15) is 0 Å². The third kappa shape index (κ3) is 2.69. The van der Waals surface area contributed by atoms with E-state index >= 15 is 0 Å². The molecule has 0 fully saturated rings. The molecule has 2 heterocycles. The van der Waals surface area contributed by atoms with Crippen LogP contribution < -0.4 is 5.32 Å². The van der Waals surface area contributed by atoms with Crippen LogP contribution in [0.2, 0.25) is 0 Å². The second-order valence-corrected chi connectivity index (χ2v) is 6.43. The number of benzene rings is 1. The molecule has 2 aliphatic rings. The maximum atomic E-state index is 13.2. The Hall–Kier alpha value is -2.37. The highest BCUT2D eigenvalue weighted by atomic mass is 19.1. The van der Waals surface area contributed by atoms with Gasteiger partial charge in [-0.3, -0.25) is 9.69 Å². The predicted molar refractivity (Wildman–Crippen MR) is 83.9 cm³/mol. The molecule has 0 aromatic heterocycles. The molecule has 1 N–H and O–H groups in total. The first-order valence-electron chi connectivity index (χ1n) is 7.70. The molecule has 0 spiro atoms. The largest absolute Gasteiger partial charge is 0.333 e. The number of carbonyl (C=O) groups is 2. The quantitative estimate of drug-likeness (QED) is 0.930. The summed E-state index contributed by atoms with van der Waals surface area (Å²) in [6, 6.07) is 5.11. The zero-order valence-electron chi connectivity index (χ0n) is 13.5. The average molecular weight is 317 g/mol. The van der Waals surface area contributed by atoms with Crippen molar-refractivity contribution in [3.8, 4) is 0 Å². The Bertz CT molecular complexity index is 682. The fourth-order valence-electron chi connectivity index (χ4n) is 3.12. The van der Waals surface area contributed by atoms with Gasteiger partial charge in [-0.1, -0.05) is 26.0 Å². The molecule has 5 nitrogen and oxygen atoms in total. The van der Waals surface area contributed by atoms with Crippen molar-refractivity contribution in [3.05, 3.63) is 46.9 Å². The van der Waals surface area contributed by atoms with E-state index in [1.165, 1.54) is 17.0 Å². The van der Waals surface area contributed by atoms with Crippen molar-refractivity contribution in [1.82, 2.24) is 15.1 Å². The molecule has 6 heteroatoms. The highest BCUT2D eigenvalue weighted by molar-refractivity contribution is 6.01. The zero-order valence-corrected chi connectivity index (χ0v) is 13.5. The summed E-state index contributed by atoms with van der Waals surface area (Å²) >= 11 is 0. The van der Waals surface area contributed by atoms with Gasteiger partial charge in [0.1, 0.15) is 5.82 Å². The highest BCUT2D eigenvalue weighted by Crippen LogP contribution is 2.35. The minimum atomic E-state index is -0.529. The molecule has 1 aromatic rings. The number of likely N-dealkylation sites (N-methyl/N-ethyl adjacent to an activating group) is 1. The number of halogens is 1. The van der Waals surface area contributed by atoms with Crippen molar-refractivity contribution in [2.45, 2.75) is 19.9 Å². The van der Waals surface area contributed by atoms with Crippen LogP contribution in [0, 0.1) is 11.7 Å². The van der Waals surface area contributed by atoms with Gasteiger partial charge in [0.25, 0.3) is 5.91 Å². The van der Waals surface area contributed by atoms with Crippen LogP contribution in [0.4, 0.5) is 9.18 Å². The molecule has 0 radical (unpaired) electrons. The van der Waals surface area contributed by atoms with Crippen LogP contribution in [0.3, 0.4) is 0 Å². The minimum absolute atomic E-state index is 0.0603. The van der Waals surface area contributed by atoms with Gasteiger partial charge in [0, 0.05) is 13.6 Å². The normalized spacial score (nSPS) is 21.2. The van der Waals surface area contributed by atoms with Gasteiger partial charge in [-0.25, -0.2) is 9.18 Å². The molecule has 0 saturated carbocycles. The molecule has 1 aromatic carbocycles. The number of hydrogen-bond acceptors (Lipinski definition) is 2. The van der Waals surface area contributed by atoms with E-state index in [9.17, 15) is 14.0 Å². The third-order valence-corrected chi connectivity index (χ3v) is 4.22. The number of amides is 3. The Balaban J connectivity index is 1.99. The Morgan fingerprint density at radius 1 is 1.26 bits per heavy atom. The van der Waals surface area contributed by atoms with Gasteiger partial charge in [0.2, 0.25) is 0 Å². The number of rotatable bonds is 3. The zero-order chi connectivity index (χ0) is 16.7. The summed E-state index contributed by atoms with van der Waals surface area (Å²) in [5, 5.41) is 2.84. The van der Waals surface area contributed by atoms with Crippen molar-refractivity contribution < 1.29 is 14.0 Å². The summed E-state index contributed by atoms with van der Waals surface area (Å²) in [6.45, 7) is 5.18. The van der Waals surface area contributed by atoms with E-state index in [0.29, 0.717) is 30.1 Å². The SMILES string of the molecule is CC(C)CN1CC2=C(C1=O)[C@@H](c1ccc(F)cc1)NC(=O)N2C. The summed E-state index contributed by atoms with van der Waals surface area (Å²) in [4.78, 5) is 28.3. The van der Waals surface area contributed by atoms with Gasteiger partial charge in [-0.15, -0.1) is 0 Å². The second-order valence-electron chi connectivity index (χ2n) is 6.43. The van der Waals surface area contributed by atoms with Crippen LogP contribution in [0.1, 0.15) is 25.5 Å². The van der Waals surface area contributed by atoms with Gasteiger partial charge in [-0.05, 0) is 23.6 Å². The fourth-order valence-corrected chi connectivity index (χ4v) is 3.12. The van der Waals surface area contributed by atoms with Gasteiger partial charge < -0.3 is 10.2 Å². The highest BCUT2D eigenvalue weighted by Gasteiger charge is 2.42. The first-order chi connectivity index (χ1) is 10.9. The van der Waals surface area contributed by atoms with Crippen molar-refractivity contribution in [3.63, 3.8) is 0 Å². The molecule has 0 saturated heterocycles. The summed E-state index contributed by atoms with van der Waals surface area (Å²) in [5.41, 5.74) is 2.02. The summed E-state index contributed by atoms with van der Waals surface area (Å²) in [7, 11) is 1.66. The molecule has 1 atom stereocenters. The summed E-state index contributed by atoms with van der Waals surface area (Å²) in [6.07, 6.45) is 0. The molecular formula is C17H20FN3O2. The lowest BCUT2D eigenvalue weighted by Crippen LogP contribution is -2.45. The predicted octanol–water partition coefficient (Wildman–Crippen LogP) is 2.27. The molecule has 3 amide bonds. The number of nitrogens with one attached hydrogen (secondary N) is 1. The smallest absolute Gasteiger partial charge is 0.322 e. The number of urea groups is 1. The van der Waals surface area contributed by atoms with Crippen LogP contribution in [-0.2, 0) is 4.79 Å². The van der Waals surface area contributed by atoms with Crippen LogP contribution in [0.25, 0.3) is 0 Å². The van der Waals surface area contributed by atoms with Crippen LogP contribution in [-0.4, -0.2) is 41.9 Å². The molecule has 3 rings (SSSR count). The summed E-state index contributed by atoms with van der Waals surface area (Å²) < 4.78 is 13.2. The topological polar surface area (TPSA) is 52.7 Å². The van der Waals surface area contributed by atoms with Crippen molar-refractivity contribution in [2.24, 2.45) is 5.92 Å². The Morgan fingerprint density at radius 3 is 2.52 bits per heavy atom. The standard InChI is InChI=1S/C17H20FN3O2/c1-10(2)8-21-9-13-14(16(21)22)15(19-17(23)20(13)3)11-4-6-12(18)7-5-11/h4-7,10,15H,8-9H2,1-3H3,(H,19,23)/t15-/m1/s1. The third-order valence-electron chi connectivity index (χ3n) is 4.22. The minimum Gasteiger partial charge on any atom is -0.333 e. The number of hydrogen-bond donors (Lipinski definition) is 1. The van der Waals surface area contributed by atoms with Crippen LogP contribution in [0.15, 0.2) is 35.5 Å². The molecule has 2 aliphatic heterocycles. The lowest BCUT2D eigenvalue weighted by molar-refractivity contribution is -0.126. The number of nitrogens with zero attached hydrogens (tertiary/aromatic N) is 2. The second kappa shape index (κ2) is 5.68. The summed E-state index contributed by atoms with van der Waals surface area (Å²) in [5.74, 6) is -0.0604. The van der Waals surface area contributed by atoms with E-state index in [1.807, 2.05) is 0 Å². The van der Waals surface area contributed by atoms with E-state index < -0.39 is 6.04 Å². The Morgan fingerprint density at radius 2 is 1.91 bits per heavy atom. The average Bonchev–Trinajstić information content (AvgIpc) is 2.81.